The average molecular weight is 361 g/mol. The Kier molecular flexibility index (Phi) is 3.92. The van der Waals surface area contributed by atoms with Crippen LogP contribution >= 0.6 is 11.6 Å². The van der Waals surface area contributed by atoms with Crippen molar-refractivity contribution in [1.82, 2.24) is 0 Å². The van der Waals surface area contributed by atoms with Crippen molar-refractivity contribution in [3.63, 3.8) is 0 Å². The van der Waals surface area contributed by atoms with Crippen molar-refractivity contribution in [2.45, 2.75) is 29.2 Å². The number of hydrogen-bond acceptors (Lipinski definition) is 2. The van der Waals surface area contributed by atoms with Crippen LogP contribution in [0.15, 0.2) is 47.4 Å². The van der Waals surface area contributed by atoms with Crippen molar-refractivity contribution >= 4 is 21.4 Å². The van der Waals surface area contributed by atoms with E-state index in [-0.39, 0.29) is 26.3 Å². The minimum atomic E-state index is -4.54. The minimum absolute atomic E-state index is 0.0300. The van der Waals surface area contributed by atoms with Crippen LogP contribution in [0.3, 0.4) is 0 Å². The summed E-state index contributed by atoms with van der Waals surface area (Å²) in [6.07, 6.45) is -3.28. The lowest BCUT2D eigenvalue weighted by molar-refractivity contribution is -0.137. The molecule has 0 N–H and O–H groups in total. The highest BCUT2D eigenvalue weighted by molar-refractivity contribution is 7.92. The van der Waals surface area contributed by atoms with Gasteiger partial charge in [0.15, 0.2) is 9.84 Å². The fourth-order valence-electron chi connectivity index (χ4n) is 2.44. The lowest BCUT2D eigenvalue weighted by Crippen LogP contribution is -2.08. The van der Waals surface area contributed by atoms with Crippen molar-refractivity contribution in [2.75, 3.05) is 0 Å². The Labute approximate surface area is 136 Å². The summed E-state index contributed by atoms with van der Waals surface area (Å²) < 4.78 is 63.7. The van der Waals surface area contributed by atoms with Gasteiger partial charge in [-0.05, 0) is 42.7 Å². The summed E-state index contributed by atoms with van der Waals surface area (Å²) in [5, 5.41) is -0.392. The molecule has 0 amide bonds. The number of benzene rings is 2. The van der Waals surface area contributed by atoms with Gasteiger partial charge in [-0.25, -0.2) is 8.42 Å². The second kappa shape index (κ2) is 5.53. The normalized spacial score (nSPS) is 15.7. The molecule has 23 heavy (non-hydrogen) atoms. The molecule has 0 unspecified atom stereocenters. The van der Waals surface area contributed by atoms with Crippen molar-refractivity contribution in [1.29, 1.82) is 0 Å². The van der Waals surface area contributed by atoms with Gasteiger partial charge in [-0.15, -0.1) is 0 Å². The molecular formula is C16H12ClF3O2S. The van der Waals surface area contributed by atoms with Crippen molar-refractivity contribution in [3.05, 3.63) is 53.1 Å². The van der Waals surface area contributed by atoms with Gasteiger partial charge < -0.3 is 0 Å². The van der Waals surface area contributed by atoms with Crippen LogP contribution in [0.1, 0.15) is 18.4 Å². The largest absolute Gasteiger partial charge is 0.417 e. The highest BCUT2D eigenvalue weighted by Crippen LogP contribution is 2.41. The van der Waals surface area contributed by atoms with Gasteiger partial charge in [0.1, 0.15) is 0 Å². The number of hydrogen-bond donors (Lipinski definition) is 0. The molecule has 122 valence electrons. The maximum Gasteiger partial charge on any atom is 0.417 e. The molecule has 0 saturated heterocycles. The van der Waals surface area contributed by atoms with Crippen LogP contribution in [0.4, 0.5) is 13.2 Å². The van der Waals surface area contributed by atoms with E-state index in [1.165, 1.54) is 36.4 Å². The smallest absolute Gasteiger partial charge is 0.223 e. The summed E-state index contributed by atoms with van der Waals surface area (Å²) >= 11 is 5.94. The molecular weight excluding hydrogens is 349 g/mol. The summed E-state index contributed by atoms with van der Waals surface area (Å²) in [4.78, 5) is 0.129. The first-order valence-corrected chi connectivity index (χ1v) is 8.84. The molecule has 0 aliphatic heterocycles. The zero-order valence-corrected chi connectivity index (χ0v) is 13.3. The van der Waals surface area contributed by atoms with Gasteiger partial charge in [-0.1, -0.05) is 29.8 Å². The molecule has 2 aromatic carbocycles. The summed E-state index contributed by atoms with van der Waals surface area (Å²) in [5.41, 5.74) is -0.752. The van der Waals surface area contributed by atoms with Crippen LogP contribution in [0, 0.1) is 0 Å². The molecule has 1 saturated carbocycles. The van der Waals surface area contributed by atoms with Gasteiger partial charge in [-0.3, -0.25) is 0 Å². The van der Waals surface area contributed by atoms with E-state index in [0.717, 1.165) is 6.07 Å². The minimum Gasteiger partial charge on any atom is -0.223 e. The Bertz CT molecular complexity index is 839. The molecule has 7 heteroatoms. The summed E-state index contributed by atoms with van der Waals surface area (Å²) in [5.74, 6) is 0. The number of alkyl halides is 3. The van der Waals surface area contributed by atoms with E-state index in [1.54, 1.807) is 0 Å². The van der Waals surface area contributed by atoms with E-state index >= 15 is 0 Å². The van der Waals surface area contributed by atoms with Crippen molar-refractivity contribution in [2.24, 2.45) is 0 Å². The van der Waals surface area contributed by atoms with E-state index in [4.69, 9.17) is 11.6 Å². The zero-order valence-electron chi connectivity index (χ0n) is 11.8. The summed E-state index contributed by atoms with van der Waals surface area (Å²) in [6.45, 7) is 0. The molecule has 1 aliphatic carbocycles. The second-order valence-electron chi connectivity index (χ2n) is 5.43. The van der Waals surface area contributed by atoms with Crippen LogP contribution in [0.25, 0.3) is 11.1 Å². The quantitative estimate of drug-likeness (QED) is 0.775. The van der Waals surface area contributed by atoms with Crippen LogP contribution in [0.2, 0.25) is 5.02 Å². The molecule has 0 spiro atoms. The van der Waals surface area contributed by atoms with Crippen LogP contribution < -0.4 is 0 Å². The third-order valence-corrected chi connectivity index (χ3v) is 6.35. The lowest BCUT2D eigenvalue weighted by atomic mass is 9.99. The summed E-state index contributed by atoms with van der Waals surface area (Å²) in [6, 6.07) is 8.98. The van der Waals surface area contributed by atoms with E-state index in [0.29, 0.717) is 12.8 Å². The summed E-state index contributed by atoms with van der Waals surface area (Å²) in [7, 11) is -3.37. The fourth-order valence-corrected chi connectivity index (χ4v) is 4.38. The van der Waals surface area contributed by atoms with Gasteiger partial charge in [0.2, 0.25) is 0 Å². The molecule has 1 fully saturated rings. The van der Waals surface area contributed by atoms with E-state index in [1.807, 2.05) is 0 Å². The fraction of sp³-hybridized carbons (Fsp3) is 0.250. The van der Waals surface area contributed by atoms with Crippen molar-refractivity contribution < 1.29 is 21.6 Å². The molecule has 0 atom stereocenters. The Morgan fingerprint density at radius 2 is 1.61 bits per heavy atom. The Balaban J connectivity index is 2.07. The monoisotopic (exact) mass is 360 g/mol. The molecule has 2 nitrogen and oxygen atoms in total. The Morgan fingerprint density at radius 3 is 2.13 bits per heavy atom. The standard InChI is InChI=1S/C16H12ClF3O2S/c17-14-3-1-2-13(16(18,19)20)15(14)10-4-6-11(7-5-10)23(21,22)12-8-9-12/h1-7,12H,8-9H2. The third-order valence-electron chi connectivity index (χ3n) is 3.75. The van der Waals surface area contributed by atoms with Crippen LogP contribution in [0.5, 0.6) is 0 Å². The molecule has 2 aromatic rings. The average Bonchev–Trinajstić information content (AvgIpc) is 3.31. The van der Waals surface area contributed by atoms with E-state index in [2.05, 4.69) is 0 Å². The Hall–Kier alpha value is -1.53. The van der Waals surface area contributed by atoms with E-state index < -0.39 is 21.6 Å². The van der Waals surface area contributed by atoms with Crippen LogP contribution in [-0.2, 0) is 16.0 Å². The molecule has 0 aromatic heterocycles. The van der Waals surface area contributed by atoms with Gasteiger partial charge in [0, 0.05) is 10.6 Å². The first-order chi connectivity index (χ1) is 10.7. The number of sulfone groups is 1. The zero-order chi connectivity index (χ0) is 16.8. The highest BCUT2D eigenvalue weighted by Gasteiger charge is 2.37. The number of rotatable bonds is 3. The van der Waals surface area contributed by atoms with Gasteiger partial charge in [-0.2, -0.15) is 13.2 Å². The molecule has 0 radical (unpaired) electrons. The predicted octanol–water partition coefficient (Wildman–Crippen LogP) is 4.96. The molecule has 1 aliphatic rings. The highest BCUT2D eigenvalue weighted by atomic mass is 35.5. The number of halogens is 4. The molecule has 0 heterocycles. The lowest BCUT2D eigenvalue weighted by Gasteiger charge is -2.15. The van der Waals surface area contributed by atoms with E-state index in [9.17, 15) is 21.6 Å². The first-order valence-electron chi connectivity index (χ1n) is 6.91. The van der Waals surface area contributed by atoms with Gasteiger partial charge in [0.25, 0.3) is 0 Å². The second-order valence-corrected chi connectivity index (χ2v) is 8.06. The Morgan fingerprint density at radius 1 is 1.00 bits per heavy atom. The molecule has 0 bridgehead atoms. The van der Waals surface area contributed by atoms with Gasteiger partial charge in [0.05, 0.1) is 15.7 Å². The third kappa shape index (κ3) is 3.10. The molecule has 3 rings (SSSR count). The maximum atomic E-state index is 13.1. The predicted molar refractivity (Wildman–Crippen MR) is 82.1 cm³/mol. The van der Waals surface area contributed by atoms with Crippen molar-refractivity contribution in [3.8, 4) is 11.1 Å². The van der Waals surface area contributed by atoms with Crippen LogP contribution in [-0.4, -0.2) is 13.7 Å². The van der Waals surface area contributed by atoms with Gasteiger partial charge >= 0.3 is 6.18 Å². The SMILES string of the molecule is O=S(=O)(c1ccc(-c2c(Cl)cccc2C(F)(F)F)cc1)C1CC1. The topological polar surface area (TPSA) is 34.1 Å². The maximum absolute atomic E-state index is 13.1. The first kappa shape index (κ1) is 16.3.